The summed E-state index contributed by atoms with van der Waals surface area (Å²) in [7, 11) is -4.19. The average molecular weight is 547 g/mol. The predicted octanol–water partition coefficient (Wildman–Crippen LogP) is 5.24. The molecule has 1 aliphatic heterocycles. The van der Waals surface area contributed by atoms with E-state index in [0.29, 0.717) is 23.6 Å². The minimum Gasteiger partial charge on any atom is -0.340 e. The highest BCUT2D eigenvalue weighted by Crippen LogP contribution is 2.49. The Balaban J connectivity index is 1.23. The summed E-state index contributed by atoms with van der Waals surface area (Å²) in [5.74, 6) is -0.842. The molecule has 2 unspecified atom stereocenters. The maximum absolute atomic E-state index is 13.4. The van der Waals surface area contributed by atoms with E-state index < -0.39 is 38.4 Å². The van der Waals surface area contributed by atoms with Gasteiger partial charge >= 0.3 is 12.4 Å². The zero-order valence-corrected chi connectivity index (χ0v) is 20.3. The van der Waals surface area contributed by atoms with E-state index in [2.05, 4.69) is 0 Å². The van der Waals surface area contributed by atoms with Gasteiger partial charge in [0.05, 0.1) is 16.0 Å². The van der Waals surface area contributed by atoms with Crippen LogP contribution >= 0.6 is 0 Å². The van der Waals surface area contributed by atoms with Gasteiger partial charge in [0.1, 0.15) is 0 Å². The molecule has 2 aromatic rings. The zero-order chi connectivity index (χ0) is 26.8. The smallest absolute Gasteiger partial charge is 0.340 e. The molecule has 2 saturated carbocycles. The standard InChI is InChI=1S/C25H24F6N2O3S/c26-24(27,28)18-5-3-16(4-6-18)21-14-22(21)23(34)32-7-9-33(10-8-32)37(35,36)20-12-17(15-1-2-15)11-19(13-20)25(29,30)31/h3-6,11-13,15,21-22H,1-2,7-10,14H2. The lowest BCUT2D eigenvalue weighted by atomic mass is 10.1. The summed E-state index contributed by atoms with van der Waals surface area (Å²) in [6, 6.07) is 7.71. The number of carbonyl (C=O) groups is 1. The molecule has 3 aliphatic rings. The first-order valence-electron chi connectivity index (χ1n) is 11.9. The van der Waals surface area contributed by atoms with Crippen LogP contribution in [0.1, 0.15) is 53.4 Å². The van der Waals surface area contributed by atoms with E-state index in [-0.39, 0.29) is 49.8 Å². The summed E-state index contributed by atoms with van der Waals surface area (Å²) >= 11 is 0. The van der Waals surface area contributed by atoms with E-state index in [0.717, 1.165) is 35.3 Å². The van der Waals surface area contributed by atoms with Crippen LogP contribution in [0.5, 0.6) is 0 Å². The largest absolute Gasteiger partial charge is 0.416 e. The van der Waals surface area contributed by atoms with Crippen molar-refractivity contribution in [1.29, 1.82) is 0 Å². The summed E-state index contributed by atoms with van der Waals surface area (Å²) in [6.45, 7) is 0.0625. The Kier molecular flexibility index (Phi) is 6.33. The minimum atomic E-state index is -4.67. The van der Waals surface area contributed by atoms with E-state index in [4.69, 9.17) is 0 Å². The fourth-order valence-corrected chi connectivity index (χ4v) is 6.38. The van der Waals surface area contributed by atoms with E-state index in [1.165, 1.54) is 23.1 Å². The number of hydrogen-bond acceptors (Lipinski definition) is 3. The molecule has 12 heteroatoms. The van der Waals surface area contributed by atoms with E-state index in [9.17, 15) is 39.6 Å². The third-order valence-corrected chi connectivity index (χ3v) is 9.14. The Labute approximate surface area is 210 Å². The summed E-state index contributed by atoms with van der Waals surface area (Å²) in [4.78, 5) is 14.1. The molecule has 3 fully saturated rings. The molecule has 0 bridgehead atoms. The van der Waals surface area contributed by atoms with Gasteiger partial charge in [0, 0.05) is 32.1 Å². The zero-order valence-electron chi connectivity index (χ0n) is 19.5. The molecule has 2 aliphatic carbocycles. The van der Waals surface area contributed by atoms with E-state index in [1.54, 1.807) is 0 Å². The second kappa shape index (κ2) is 9.00. The van der Waals surface area contributed by atoms with Crippen LogP contribution in [0.15, 0.2) is 47.4 Å². The molecule has 2 atom stereocenters. The van der Waals surface area contributed by atoms with E-state index in [1.807, 2.05) is 0 Å². The second-order valence-electron chi connectivity index (χ2n) is 9.86. The van der Waals surface area contributed by atoms with Crippen molar-refractivity contribution in [3.63, 3.8) is 0 Å². The maximum atomic E-state index is 13.4. The minimum absolute atomic E-state index is 0.0548. The lowest BCUT2D eigenvalue weighted by Gasteiger charge is -2.34. The maximum Gasteiger partial charge on any atom is 0.416 e. The van der Waals surface area contributed by atoms with Gasteiger partial charge in [0.2, 0.25) is 15.9 Å². The van der Waals surface area contributed by atoms with Crippen molar-refractivity contribution in [2.45, 2.75) is 48.3 Å². The molecule has 1 heterocycles. The average Bonchev–Trinajstić information content (AvgIpc) is 3.76. The Morgan fingerprint density at radius 3 is 1.92 bits per heavy atom. The number of amides is 1. The van der Waals surface area contributed by atoms with Crippen molar-refractivity contribution >= 4 is 15.9 Å². The van der Waals surface area contributed by atoms with Gasteiger partial charge in [-0.05, 0) is 72.6 Å². The van der Waals surface area contributed by atoms with Crippen molar-refractivity contribution in [1.82, 2.24) is 9.21 Å². The Morgan fingerprint density at radius 2 is 1.38 bits per heavy atom. The number of benzene rings is 2. The summed E-state index contributed by atoms with van der Waals surface area (Å²) in [5.41, 5.74) is -0.747. The monoisotopic (exact) mass is 546 g/mol. The van der Waals surface area contributed by atoms with Crippen molar-refractivity contribution in [2.75, 3.05) is 26.2 Å². The van der Waals surface area contributed by atoms with E-state index >= 15 is 0 Å². The van der Waals surface area contributed by atoms with Gasteiger partial charge in [-0.25, -0.2) is 8.42 Å². The number of rotatable bonds is 5. The lowest BCUT2D eigenvalue weighted by molar-refractivity contribution is -0.138. The third-order valence-electron chi connectivity index (χ3n) is 7.27. The topological polar surface area (TPSA) is 57.7 Å². The number of hydrogen-bond donors (Lipinski definition) is 0. The highest BCUT2D eigenvalue weighted by molar-refractivity contribution is 7.89. The molecule has 1 saturated heterocycles. The normalized spacial score (nSPS) is 23.2. The molecule has 1 amide bonds. The van der Waals surface area contributed by atoms with Crippen molar-refractivity contribution in [3.05, 3.63) is 64.7 Å². The second-order valence-corrected chi connectivity index (χ2v) is 11.8. The van der Waals surface area contributed by atoms with Crippen LogP contribution in [0.4, 0.5) is 26.3 Å². The molecule has 0 spiro atoms. The number of sulfonamides is 1. The summed E-state index contributed by atoms with van der Waals surface area (Å²) < 4.78 is 106. The van der Waals surface area contributed by atoms with Gasteiger partial charge in [-0.1, -0.05) is 12.1 Å². The molecule has 0 N–H and O–H groups in total. The predicted molar refractivity (Wildman–Crippen MR) is 121 cm³/mol. The molecular weight excluding hydrogens is 522 g/mol. The van der Waals surface area contributed by atoms with Crippen LogP contribution in [0.2, 0.25) is 0 Å². The third kappa shape index (κ3) is 5.36. The lowest BCUT2D eigenvalue weighted by Crippen LogP contribution is -2.51. The Hall–Kier alpha value is -2.60. The number of nitrogens with zero attached hydrogens (tertiary/aromatic N) is 2. The molecule has 2 aromatic carbocycles. The fourth-order valence-electron chi connectivity index (χ4n) is 4.88. The highest BCUT2D eigenvalue weighted by Gasteiger charge is 2.47. The first-order chi connectivity index (χ1) is 17.2. The highest BCUT2D eigenvalue weighted by atomic mass is 32.2. The van der Waals surface area contributed by atoms with Crippen LogP contribution in [-0.4, -0.2) is 49.7 Å². The van der Waals surface area contributed by atoms with Crippen molar-refractivity contribution < 1.29 is 39.6 Å². The molecule has 0 radical (unpaired) electrons. The molecule has 0 aromatic heterocycles. The van der Waals surface area contributed by atoms with Crippen LogP contribution in [0.3, 0.4) is 0 Å². The van der Waals surface area contributed by atoms with Gasteiger partial charge in [-0.2, -0.15) is 30.6 Å². The van der Waals surface area contributed by atoms with Crippen LogP contribution < -0.4 is 0 Å². The number of piperazine rings is 1. The fraction of sp³-hybridized carbons (Fsp3) is 0.480. The van der Waals surface area contributed by atoms with Gasteiger partial charge < -0.3 is 4.90 Å². The molecule has 200 valence electrons. The first kappa shape index (κ1) is 26.0. The van der Waals surface area contributed by atoms with Gasteiger partial charge in [0.25, 0.3) is 0 Å². The SMILES string of the molecule is O=C(C1CC1c1ccc(C(F)(F)F)cc1)N1CCN(S(=O)(=O)c2cc(C3CC3)cc(C(F)(F)F)c2)CC1. The Morgan fingerprint density at radius 1 is 0.784 bits per heavy atom. The molecule has 5 rings (SSSR count). The van der Waals surface area contributed by atoms with Crippen LogP contribution in [-0.2, 0) is 27.2 Å². The quantitative estimate of drug-likeness (QED) is 0.483. The van der Waals surface area contributed by atoms with Crippen molar-refractivity contribution in [3.8, 4) is 0 Å². The summed E-state index contributed by atoms with van der Waals surface area (Å²) in [5, 5.41) is 0. The molecule has 37 heavy (non-hydrogen) atoms. The van der Waals surface area contributed by atoms with Gasteiger partial charge in [-0.3, -0.25) is 4.79 Å². The van der Waals surface area contributed by atoms with Crippen molar-refractivity contribution in [2.24, 2.45) is 5.92 Å². The molecule has 5 nitrogen and oxygen atoms in total. The van der Waals surface area contributed by atoms with Crippen LogP contribution in [0.25, 0.3) is 0 Å². The summed E-state index contributed by atoms with van der Waals surface area (Å²) in [6.07, 6.45) is -7.18. The Bertz CT molecular complexity index is 1300. The number of alkyl halides is 6. The van der Waals surface area contributed by atoms with Crippen LogP contribution in [0, 0.1) is 5.92 Å². The number of carbonyl (C=O) groups excluding carboxylic acids is 1. The van der Waals surface area contributed by atoms with Gasteiger partial charge in [0.15, 0.2) is 0 Å². The molecular formula is C25H24F6N2O3S. The van der Waals surface area contributed by atoms with Gasteiger partial charge in [-0.15, -0.1) is 0 Å². The first-order valence-corrected chi connectivity index (χ1v) is 13.4. The number of halogens is 6.